The SMILES string of the molecule is C=CCNc1nc(C)nc(OCCCC)c1[N+](=O)[O-]. The minimum atomic E-state index is -0.536. The van der Waals surface area contributed by atoms with E-state index in [-0.39, 0.29) is 17.4 Å². The first-order valence-corrected chi connectivity index (χ1v) is 6.10. The molecule has 0 fully saturated rings. The van der Waals surface area contributed by atoms with E-state index in [0.29, 0.717) is 19.0 Å². The molecule has 0 aliphatic rings. The maximum atomic E-state index is 11.1. The van der Waals surface area contributed by atoms with Crippen LogP contribution in [0, 0.1) is 17.0 Å². The molecule has 0 saturated heterocycles. The zero-order valence-corrected chi connectivity index (χ0v) is 11.2. The standard InChI is InChI=1S/C12H18N4O3/c1-4-6-8-19-12-10(16(17)18)11(13-7-5-2)14-9(3)15-12/h5H,2,4,6-8H2,1,3H3,(H,13,14,15). The van der Waals surface area contributed by atoms with Gasteiger partial charge in [0.15, 0.2) is 0 Å². The Bertz CT molecular complexity index is 463. The molecule has 19 heavy (non-hydrogen) atoms. The first kappa shape index (κ1) is 14.9. The highest BCUT2D eigenvalue weighted by molar-refractivity contribution is 5.61. The lowest BCUT2D eigenvalue weighted by Gasteiger charge is -2.09. The first-order valence-electron chi connectivity index (χ1n) is 6.10. The van der Waals surface area contributed by atoms with Gasteiger partial charge in [-0.05, 0) is 13.3 Å². The molecular weight excluding hydrogens is 248 g/mol. The summed E-state index contributed by atoms with van der Waals surface area (Å²) in [7, 11) is 0. The highest BCUT2D eigenvalue weighted by atomic mass is 16.6. The van der Waals surface area contributed by atoms with Crippen LogP contribution in [-0.2, 0) is 0 Å². The highest BCUT2D eigenvalue weighted by Crippen LogP contribution is 2.31. The van der Waals surface area contributed by atoms with E-state index in [4.69, 9.17) is 4.74 Å². The zero-order chi connectivity index (χ0) is 14.3. The third kappa shape index (κ3) is 4.20. The third-order valence-corrected chi connectivity index (χ3v) is 2.30. The summed E-state index contributed by atoms with van der Waals surface area (Å²) >= 11 is 0. The lowest BCUT2D eigenvalue weighted by molar-refractivity contribution is -0.385. The van der Waals surface area contributed by atoms with Crippen molar-refractivity contribution in [1.82, 2.24) is 9.97 Å². The lowest BCUT2D eigenvalue weighted by Crippen LogP contribution is -2.10. The van der Waals surface area contributed by atoms with E-state index in [1.165, 1.54) is 0 Å². The molecule has 0 aliphatic heterocycles. The smallest absolute Gasteiger partial charge is 0.372 e. The van der Waals surface area contributed by atoms with Crippen molar-refractivity contribution in [2.24, 2.45) is 0 Å². The van der Waals surface area contributed by atoms with Crippen LogP contribution in [0.5, 0.6) is 5.88 Å². The second-order valence-electron chi connectivity index (χ2n) is 3.90. The molecule has 104 valence electrons. The highest BCUT2D eigenvalue weighted by Gasteiger charge is 2.25. The normalized spacial score (nSPS) is 10.0. The van der Waals surface area contributed by atoms with Gasteiger partial charge >= 0.3 is 5.69 Å². The van der Waals surface area contributed by atoms with Crippen molar-refractivity contribution in [1.29, 1.82) is 0 Å². The number of aromatic nitrogens is 2. The predicted octanol–water partition coefficient (Wildman–Crippen LogP) is 2.47. The molecule has 1 aromatic heterocycles. The average molecular weight is 266 g/mol. The second-order valence-corrected chi connectivity index (χ2v) is 3.90. The van der Waals surface area contributed by atoms with Gasteiger partial charge in [0, 0.05) is 6.54 Å². The fourth-order valence-corrected chi connectivity index (χ4v) is 1.41. The van der Waals surface area contributed by atoms with Crippen LogP contribution in [0.25, 0.3) is 0 Å². The molecule has 0 atom stereocenters. The number of rotatable bonds is 8. The van der Waals surface area contributed by atoms with Gasteiger partial charge in [-0.2, -0.15) is 4.98 Å². The molecule has 0 aliphatic carbocycles. The molecule has 0 unspecified atom stereocenters. The summed E-state index contributed by atoms with van der Waals surface area (Å²) in [5.41, 5.74) is -0.233. The monoisotopic (exact) mass is 266 g/mol. The molecule has 1 aromatic rings. The number of nitro groups is 1. The van der Waals surface area contributed by atoms with E-state index < -0.39 is 4.92 Å². The van der Waals surface area contributed by atoms with Gasteiger partial charge in [0.1, 0.15) is 5.82 Å². The van der Waals surface area contributed by atoms with Crippen molar-refractivity contribution in [3.8, 4) is 5.88 Å². The number of aryl methyl sites for hydroxylation is 1. The topological polar surface area (TPSA) is 90.2 Å². The number of nitrogens with one attached hydrogen (secondary N) is 1. The number of nitrogens with zero attached hydrogens (tertiary/aromatic N) is 3. The van der Waals surface area contributed by atoms with Crippen LogP contribution < -0.4 is 10.1 Å². The number of ether oxygens (including phenoxy) is 1. The van der Waals surface area contributed by atoms with Gasteiger partial charge in [0.05, 0.1) is 11.5 Å². The molecule has 0 aromatic carbocycles. The van der Waals surface area contributed by atoms with E-state index in [2.05, 4.69) is 21.9 Å². The molecular formula is C12H18N4O3. The van der Waals surface area contributed by atoms with E-state index in [0.717, 1.165) is 12.8 Å². The van der Waals surface area contributed by atoms with Crippen molar-refractivity contribution >= 4 is 11.5 Å². The van der Waals surface area contributed by atoms with Crippen LogP contribution in [0.15, 0.2) is 12.7 Å². The molecule has 1 heterocycles. The van der Waals surface area contributed by atoms with Crippen LogP contribution in [0.4, 0.5) is 11.5 Å². The maximum Gasteiger partial charge on any atom is 0.372 e. The summed E-state index contributed by atoms with van der Waals surface area (Å²) in [5.74, 6) is 0.588. The summed E-state index contributed by atoms with van der Waals surface area (Å²) in [6.45, 7) is 8.00. The summed E-state index contributed by atoms with van der Waals surface area (Å²) in [6, 6.07) is 0. The Balaban J connectivity index is 3.08. The van der Waals surface area contributed by atoms with Gasteiger partial charge in [-0.15, -0.1) is 6.58 Å². The largest absolute Gasteiger partial charge is 0.473 e. The number of hydrogen-bond donors (Lipinski definition) is 1. The van der Waals surface area contributed by atoms with Crippen LogP contribution >= 0.6 is 0 Å². The third-order valence-electron chi connectivity index (χ3n) is 2.30. The average Bonchev–Trinajstić information content (AvgIpc) is 2.35. The zero-order valence-electron chi connectivity index (χ0n) is 11.2. The Morgan fingerprint density at radius 2 is 2.26 bits per heavy atom. The van der Waals surface area contributed by atoms with Crippen LogP contribution in [0.1, 0.15) is 25.6 Å². The Hall–Kier alpha value is -2.18. The van der Waals surface area contributed by atoms with Gasteiger partial charge in [0.2, 0.25) is 5.82 Å². The van der Waals surface area contributed by atoms with Crippen molar-refractivity contribution in [3.05, 3.63) is 28.6 Å². The molecule has 0 radical (unpaired) electrons. The Morgan fingerprint density at radius 3 is 2.84 bits per heavy atom. The fourth-order valence-electron chi connectivity index (χ4n) is 1.41. The maximum absolute atomic E-state index is 11.1. The molecule has 1 rings (SSSR count). The lowest BCUT2D eigenvalue weighted by atomic mass is 10.3. The first-order chi connectivity index (χ1) is 9.10. The van der Waals surface area contributed by atoms with Crippen LogP contribution in [-0.4, -0.2) is 28.0 Å². The summed E-state index contributed by atoms with van der Waals surface area (Å²) in [5, 5.41) is 14.0. The predicted molar refractivity (Wildman–Crippen MR) is 72.5 cm³/mol. The fraction of sp³-hybridized carbons (Fsp3) is 0.500. The van der Waals surface area contributed by atoms with Gasteiger partial charge in [-0.25, -0.2) is 4.98 Å². The molecule has 0 bridgehead atoms. The summed E-state index contributed by atoms with van der Waals surface area (Å²) in [4.78, 5) is 18.6. The Kier molecular flexibility index (Phi) is 5.72. The second kappa shape index (κ2) is 7.30. The Morgan fingerprint density at radius 1 is 1.53 bits per heavy atom. The molecule has 7 nitrogen and oxygen atoms in total. The van der Waals surface area contributed by atoms with E-state index in [1.54, 1.807) is 13.0 Å². The van der Waals surface area contributed by atoms with Gasteiger partial charge in [0.25, 0.3) is 5.88 Å². The number of anilines is 1. The van der Waals surface area contributed by atoms with Gasteiger partial charge < -0.3 is 10.1 Å². The van der Waals surface area contributed by atoms with Crippen molar-refractivity contribution in [3.63, 3.8) is 0 Å². The van der Waals surface area contributed by atoms with Crippen molar-refractivity contribution in [2.75, 3.05) is 18.5 Å². The number of unbranched alkanes of at least 4 members (excludes halogenated alkanes) is 1. The summed E-state index contributed by atoms with van der Waals surface area (Å²) < 4.78 is 5.38. The quantitative estimate of drug-likeness (QED) is 0.336. The van der Waals surface area contributed by atoms with Gasteiger partial charge in [-0.1, -0.05) is 19.4 Å². The van der Waals surface area contributed by atoms with Crippen LogP contribution in [0.2, 0.25) is 0 Å². The van der Waals surface area contributed by atoms with E-state index in [9.17, 15) is 10.1 Å². The van der Waals surface area contributed by atoms with E-state index >= 15 is 0 Å². The molecule has 0 saturated carbocycles. The minimum Gasteiger partial charge on any atom is -0.473 e. The van der Waals surface area contributed by atoms with Crippen molar-refractivity contribution in [2.45, 2.75) is 26.7 Å². The Labute approximate surface area is 111 Å². The number of hydrogen-bond acceptors (Lipinski definition) is 6. The minimum absolute atomic E-state index is 0.0116. The molecule has 0 spiro atoms. The van der Waals surface area contributed by atoms with Crippen LogP contribution in [0.3, 0.4) is 0 Å². The van der Waals surface area contributed by atoms with Gasteiger partial charge in [-0.3, -0.25) is 10.1 Å². The van der Waals surface area contributed by atoms with Crippen molar-refractivity contribution < 1.29 is 9.66 Å². The molecule has 0 amide bonds. The summed E-state index contributed by atoms with van der Waals surface area (Å²) in [6.07, 6.45) is 3.36. The molecule has 1 N–H and O–H groups in total. The van der Waals surface area contributed by atoms with E-state index in [1.807, 2.05) is 6.92 Å². The molecule has 7 heteroatoms.